The molecular formula is C11H19NO. The van der Waals surface area contributed by atoms with Gasteiger partial charge in [0.05, 0.1) is 25.2 Å². The predicted molar refractivity (Wildman–Crippen MR) is 52.0 cm³/mol. The van der Waals surface area contributed by atoms with Gasteiger partial charge in [-0.25, -0.2) is 0 Å². The van der Waals surface area contributed by atoms with Crippen molar-refractivity contribution in [3.63, 3.8) is 0 Å². The molecule has 1 atom stereocenters. The first-order chi connectivity index (χ1) is 6.04. The van der Waals surface area contributed by atoms with Crippen molar-refractivity contribution in [3.8, 4) is 6.07 Å². The molecule has 0 aliphatic carbocycles. The van der Waals surface area contributed by atoms with Gasteiger partial charge in [0.2, 0.25) is 0 Å². The summed E-state index contributed by atoms with van der Waals surface area (Å²) in [6.07, 6.45) is 0. The van der Waals surface area contributed by atoms with Crippen LogP contribution < -0.4 is 0 Å². The van der Waals surface area contributed by atoms with E-state index in [1.807, 2.05) is 0 Å². The number of rotatable bonds is 3. The molecule has 2 nitrogen and oxygen atoms in total. The second-order valence-corrected chi connectivity index (χ2v) is 4.73. The Balaban J connectivity index is 2.81. The summed E-state index contributed by atoms with van der Waals surface area (Å²) in [5, 5.41) is 9.14. The van der Waals surface area contributed by atoms with Gasteiger partial charge in [-0.3, -0.25) is 0 Å². The van der Waals surface area contributed by atoms with Crippen LogP contribution in [0.15, 0.2) is 0 Å². The van der Waals surface area contributed by atoms with Gasteiger partial charge in [-0.05, 0) is 11.8 Å². The summed E-state index contributed by atoms with van der Waals surface area (Å²) >= 11 is 0. The zero-order valence-electron chi connectivity index (χ0n) is 9.00. The first-order valence-electron chi connectivity index (χ1n) is 5.02. The largest absolute Gasteiger partial charge is 0.380 e. The second-order valence-electron chi connectivity index (χ2n) is 4.73. The third-order valence-electron chi connectivity index (χ3n) is 3.32. The molecule has 1 aliphatic rings. The fourth-order valence-corrected chi connectivity index (χ4v) is 2.15. The SMILES string of the molecule is CC(C)C(C#N)C1(C(C)C)COC1. The van der Waals surface area contributed by atoms with Crippen molar-refractivity contribution in [3.05, 3.63) is 0 Å². The zero-order chi connectivity index (χ0) is 10.1. The van der Waals surface area contributed by atoms with E-state index in [-0.39, 0.29) is 11.3 Å². The molecule has 13 heavy (non-hydrogen) atoms. The van der Waals surface area contributed by atoms with Gasteiger partial charge in [0, 0.05) is 5.41 Å². The lowest BCUT2D eigenvalue weighted by atomic mass is 9.63. The Morgan fingerprint density at radius 3 is 1.85 bits per heavy atom. The van der Waals surface area contributed by atoms with Gasteiger partial charge in [-0.2, -0.15) is 5.26 Å². The quantitative estimate of drug-likeness (QED) is 0.670. The molecule has 1 fully saturated rings. The minimum atomic E-state index is 0.128. The summed E-state index contributed by atoms with van der Waals surface area (Å²) in [6, 6.07) is 2.45. The van der Waals surface area contributed by atoms with Crippen LogP contribution in [0, 0.1) is 34.5 Å². The van der Waals surface area contributed by atoms with E-state index < -0.39 is 0 Å². The van der Waals surface area contributed by atoms with Crippen LogP contribution >= 0.6 is 0 Å². The van der Waals surface area contributed by atoms with E-state index in [1.165, 1.54) is 0 Å². The molecule has 0 amide bonds. The number of ether oxygens (including phenoxy) is 1. The second kappa shape index (κ2) is 3.67. The Morgan fingerprint density at radius 2 is 1.77 bits per heavy atom. The summed E-state index contributed by atoms with van der Waals surface area (Å²) in [5.41, 5.74) is 0.128. The third-order valence-corrected chi connectivity index (χ3v) is 3.32. The van der Waals surface area contributed by atoms with Gasteiger partial charge in [0.15, 0.2) is 0 Å². The fourth-order valence-electron chi connectivity index (χ4n) is 2.15. The highest BCUT2D eigenvalue weighted by molar-refractivity contribution is 5.04. The minimum Gasteiger partial charge on any atom is -0.380 e. The number of hydrogen-bond donors (Lipinski definition) is 0. The molecule has 1 unspecified atom stereocenters. The van der Waals surface area contributed by atoms with Gasteiger partial charge in [0.25, 0.3) is 0 Å². The van der Waals surface area contributed by atoms with E-state index in [0.29, 0.717) is 11.8 Å². The van der Waals surface area contributed by atoms with E-state index in [0.717, 1.165) is 13.2 Å². The fraction of sp³-hybridized carbons (Fsp3) is 0.909. The van der Waals surface area contributed by atoms with Crippen LogP contribution in [0.4, 0.5) is 0 Å². The van der Waals surface area contributed by atoms with E-state index in [4.69, 9.17) is 10.00 Å². The molecule has 0 aromatic rings. The average Bonchev–Trinajstić information content (AvgIpc) is 1.94. The van der Waals surface area contributed by atoms with E-state index >= 15 is 0 Å². The van der Waals surface area contributed by atoms with E-state index in [2.05, 4.69) is 33.8 Å². The lowest BCUT2D eigenvalue weighted by molar-refractivity contribution is -0.167. The van der Waals surface area contributed by atoms with Gasteiger partial charge in [-0.15, -0.1) is 0 Å². The minimum absolute atomic E-state index is 0.128. The molecule has 0 aromatic carbocycles. The van der Waals surface area contributed by atoms with Crippen molar-refractivity contribution in [1.29, 1.82) is 5.26 Å². The summed E-state index contributed by atoms with van der Waals surface area (Å²) < 4.78 is 5.28. The van der Waals surface area contributed by atoms with Crippen LogP contribution in [0.2, 0.25) is 0 Å². The number of hydrogen-bond acceptors (Lipinski definition) is 2. The molecule has 0 aromatic heterocycles. The smallest absolute Gasteiger partial charge is 0.0666 e. The molecule has 2 heteroatoms. The van der Waals surface area contributed by atoms with Crippen molar-refractivity contribution >= 4 is 0 Å². The van der Waals surface area contributed by atoms with Gasteiger partial charge in [0.1, 0.15) is 0 Å². The van der Waals surface area contributed by atoms with Crippen LogP contribution in [0.1, 0.15) is 27.7 Å². The average molecular weight is 181 g/mol. The monoisotopic (exact) mass is 181 g/mol. The highest BCUT2D eigenvalue weighted by atomic mass is 16.5. The van der Waals surface area contributed by atoms with Gasteiger partial charge >= 0.3 is 0 Å². The highest BCUT2D eigenvalue weighted by Crippen LogP contribution is 2.45. The molecule has 1 rings (SSSR count). The Hall–Kier alpha value is -0.550. The number of nitrogens with zero attached hydrogens (tertiary/aromatic N) is 1. The lowest BCUT2D eigenvalue weighted by Gasteiger charge is -2.49. The molecule has 0 bridgehead atoms. The third kappa shape index (κ3) is 1.58. The summed E-state index contributed by atoms with van der Waals surface area (Å²) in [7, 11) is 0. The molecule has 1 heterocycles. The standard InChI is InChI=1S/C11H19NO/c1-8(2)10(5-12)11(9(3)4)6-13-7-11/h8-10H,6-7H2,1-4H3. The molecular weight excluding hydrogens is 162 g/mol. The van der Waals surface area contributed by atoms with E-state index in [9.17, 15) is 0 Å². The van der Waals surface area contributed by atoms with Crippen molar-refractivity contribution in [2.45, 2.75) is 27.7 Å². The molecule has 0 radical (unpaired) electrons. The highest BCUT2D eigenvalue weighted by Gasteiger charge is 2.49. The van der Waals surface area contributed by atoms with Crippen LogP contribution in [0.25, 0.3) is 0 Å². The molecule has 1 saturated heterocycles. The van der Waals surface area contributed by atoms with Crippen LogP contribution in [0.5, 0.6) is 0 Å². The molecule has 1 aliphatic heterocycles. The van der Waals surface area contributed by atoms with Crippen molar-refractivity contribution in [1.82, 2.24) is 0 Å². The summed E-state index contributed by atoms with van der Waals surface area (Å²) in [6.45, 7) is 10.2. The van der Waals surface area contributed by atoms with Crippen LogP contribution in [0.3, 0.4) is 0 Å². The first-order valence-corrected chi connectivity index (χ1v) is 5.02. The lowest BCUT2D eigenvalue weighted by Crippen LogP contribution is -2.53. The van der Waals surface area contributed by atoms with Gasteiger partial charge < -0.3 is 4.74 Å². The Morgan fingerprint density at radius 1 is 1.23 bits per heavy atom. The maximum atomic E-state index is 9.14. The van der Waals surface area contributed by atoms with Crippen molar-refractivity contribution < 1.29 is 4.74 Å². The Kier molecular flexibility index (Phi) is 2.98. The summed E-state index contributed by atoms with van der Waals surface area (Å²) in [4.78, 5) is 0. The molecule has 0 saturated carbocycles. The van der Waals surface area contributed by atoms with Crippen molar-refractivity contribution in [2.24, 2.45) is 23.2 Å². The maximum absolute atomic E-state index is 9.14. The zero-order valence-corrected chi connectivity index (χ0v) is 9.00. The van der Waals surface area contributed by atoms with Crippen LogP contribution in [-0.4, -0.2) is 13.2 Å². The molecule has 0 N–H and O–H groups in total. The van der Waals surface area contributed by atoms with Gasteiger partial charge in [-0.1, -0.05) is 27.7 Å². The van der Waals surface area contributed by atoms with E-state index in [1.54, 1.807) is 0 Å². The molecule has 74 valence electrons. The normalized spacial score (nSPS) is 22.5. The number of nitriles is 1. The maximum Gasteiger partial charge on any atom is 0.0666 e. The topological polar surface area (TPSA) is 33.0 Å². The summed E-state index contributed by atoms with van der Waals surface area (Å²) in [5.74, 6) is 1.10. The first kappa shape index (κ1) is 10.5. The van der Waals surface area contributed by atoms with Crippen molar-refractivity contribution in [2.75, 3.05) is 13.2 Å². The molecule has 0 spiro atoms. The predicted octanol–water partition coefficient (Wildman–Crippen LogP) is 2.45. The Bertz CT molecular complexity index is 211. The van der Waals surface area contributed by atoms with Crippen LogP contribution in [-0.2, 0) is 4.74 Å². The Labute approximate surface area is 80.9 Å².